The summed E-state index contributed by atoms with van der Waals surface area (Å²) < 4.78 is 38.2. The van der Waals surface area contributed by atoms with Crippen molar-refractivity contribution in [3.8, 4) is 0 Å². The lowest BCUT2D eigenvalue weighted by Gasteiger charge is -2.13. The highest BCUT2D eigenvalue weighted by molar-refractivity contribution is 7.98. The molecule has 0 atom stereocenters. The monoisotopic (exact) mass is 308 g/mol. The molecule has 0 aliphatic carbocycles. The fourth-order valence-corrected chi connectivity index (χ4v) is 3.19. The van der Waals surface area contributed by atoms with Crippen molar-refractivity contribution in [3.05, 3.63) is 11.6 Å². The molecule has 20 heavy (non-hydrogen) atoms. The molecule has 1 aromatic rings. The van der Waals surface area contributed by atoms with E-state index in [1.54, 1.807) is 18.7 Å². The number of aryl methyl sites for hydroxylation is 1. The summed E-state index contributed by atoms with van der Waals surface area (Å²) in [6.07, 6.45) is -1.75. The molecule has 1 aliphatic heterocycles. The van der Waals surface area contributed by atoms with Gasteiger partial charge in [-0.05, 0) is 32.9 Å². The minimum Gasteiger partial charge on any atom is -0.303 e. The summed E-state index contributed by atoms with van der Waals surface area (Å²) in [5, 5.41) is 3.81. The quantitative estimate of drug-likeness (QED) is 0.756. The third-order valence-corrected chi connectivity index (χ3v) is 4.10. The molecule has 1 saturated heterocycles. The van der Waals surface area contributed by atoms with Gasteiger partial charge in [-0.15, -0.1) is 0 Å². The molecule has 0 aromatic carbocycles. The normalized spacial score (nSPS) is 17.0. The Balaban J connectivity index is 1.79. The van der Waals surface area contributed by atoms with Gasteiger partial charge in [-0.2, -0.15) is 30.0 Å². The van der Waals surface area contributed by atoms with Gasteiger partial charge < -0.3 is 4.90 Å². The minimum atomic E-state index is -4.25. The Labute approximate surface area is 120 Å². The molecule has 1 fully saturated rings. The maximum absolute atomic E-state index is 12.4. The fraction of sp³-hybridized carbons (Fsp3) is 0.833. The number of aromatic nitrogens is 3. The van der Waals surface area contributed by atoms with E-state index in [1.807, 2.05) is 0 Å². The maximum atomic E-state index is 12.4. The van der Waals surface area contributed by atoms with Crippen LogP contribution in [0.1, 0.15) is 24.5 Å². The van der Waals surface area contributed by atoms with E-state index in [9.17, 15) is 13.2 Å². The predicted molar refractivity (Wildman–Crippen MR) is 72.7 cm³/mol. The average molecular weight is 308 g/mol. The third kappa shape index (κ3) is 4.97. The Morgan fingerprint density at radius 1 is 1.25 bits per heavy atom. The topological polar surface area (TPSA) is 34.0 Å². The highest BCUT2D eigenvalue weighted by Crippen LogP contribution is 2.20. The molecule has 2 heterocycles. The van der Waals surface area contributed by atoms with Crippen LogP contribution in [-0.4, -0.2) is 51.2 Å². The van der Waals surface area contributed by atoms with Crippen LogP contribution in [-0.2, 0) is 12.3 Å². The number of nitrogens with zero attached hydrogens (tertiary/aromatic N) is 4. The number of hydrogen-bond donors (Lipinski definition) is 0. The van der Waals surface area contributed by atoms with Crippen LogP contribution in [0, 0.1) is 6.92 Å². The molecule has 4 nitrogen and oxygen atoms in total. The molecule has 0 spiro atoms. The number of hydrogen-bond acceptors (Lipinski definition) is 4. The van der Waals surface area contributed by atoms with E-state index in [2.05, 4.69) is 15.0 Å². The molecule has 0 amide bonds. The lowest BCUT2D eigenvalue weighted by molar-refractivity contribution is -0.143. The zero-order valence-corrected chi connectivity index (χ0v) is 12.3. The van der Waals surface area contributed by atoms with Crippen LogP contribution in [0.4, 0.5) is 13.2 Å². The van der Waals surface area contributed by atoms with Crippen molar-refractivity contribution in [1.29, 1.82) is 0 Å². The summed E-state index contributed by atoms with van der Waals surface area (Å²) in [5.74, 6) is 2.19. The average Bonchev–Trinajstić information content (AvgIpc) is 2.93. The molecule has 0 unspecified atom stereocenters. The molecule has 1 aliphatic rings. The summed E-state index contributed by atoms with van der Waals surface area (Å²) in [5.41, 5.74) is 0. The largest absolute Gasteiger partial charge is 0.408 e. The van der Waals surface area contributed by atoms with Crippen molar-refractivity contribution in [1.82, 2.24) is 19.7 Å². The Morgan fingerprint density at radius 2 is 1.95 bits per heavy atom. The van der Waals surface area contributed by atoms with Gasteiger partial charge in [-0.3, -0.25) is 0 Å². The van der Waals surface area contributed by atoms with Gasteiger partial charge in [0.05, 0.1) is 5.75 Å². The standard InChI is InChI=1S/C12H19F3N4S/c1-10-16-11(19(17-10)9-12(13,14)15)8-20-7-6-18-4-2-3-5-18/h2-9H2,1H3. The SMILES string of the molecule is Cc1nc(CSCCN2CCCC2)n(CC(F)(F)F)n1. The number of likely N-dealkylation sites (tertiary alicyclic amines) is 1. The van der Waals surface area contributed by atoms with E-state index in [0.29, 0.717) is 17.4 Å². The zero-order chi connectivity index (χ0) is 14.6. The van der Waals surface area contributed by atoms with Crippen LogP contribution >= 0.6 is 11.8 Å². The lowest BCUT2D eigenvalue weighted by Crippen LogP contribution is -2.22. The number of rotatable bonds is 6. The second-order valence-electron chi connectivity index (χ2n) is 4.95. The first-order chi connectivity index (χ1) is 9.44. The molecule has 1 aromatic heterocycles. The Bertz CT molecular complexity index is 427. The van der Waals surface area contributed by atoms with Crippen molar-refractivity contribution >= 4 is 11.8 Å². The van der Waals surface area contributed by atoms with E-state index < -0.39 is 12.7 Å². The second-order valence-corrected chi connectivity index (χ2v) is 6.05. The summed E-state index contributed by atoms with van der Waals surface area (Å²) in [4.78, 5) is 6.47. The van der Waals surface area contributed by atoms with E-state index in [0.717, 1.165) is 30.1 Å². The summed E-state index contributed by atoms with van der Waals surface area (Å²) in [6.45, 7) is 3.84. The molecular weight excluding hydrogens is 289 g/mol. The first-order valence-electron chi connectivity index (χ1n) is 6.71. The van der Waals surface area contributed by atoms with Gasteiger partial charge in [-0.1, -0.05) is 0 Å². The maximum Gasteiger partial charge on any atom is 0.408 e. The summed E-state index contributed by atoms with van der Waals surface area (Å²) >= 11 is 1.61. The molecule has 0 saturated carbocycles. The molecule has 0 bridgehead atoms. The van der Waals surface area contributed by atoms with E-state index in [4.69, 9.17) is 0 Å². The van der Waals surface area contributed by atoms with Gasteiger partial charge in [-0.25, -0.2) is 9.67 Å². The van der Waals surface area contributed by atoms with Crippen molar-refractivity contribution in [3.63, 3.8) is 0 Å². The highest BCUT2D eigenvalue weighted by Gasteiger charge is 2.30. The zero-order valence-electron chi connectivity index (χ0n) is 11.5. The first kappa shape index (κ1) is 15.6. The van der Waals surface area contributed by atoms with Gasteiger partial charge in [0, 0.05) is 12.3 Å². The summed E-state index contributed by atoms with van der Waals surface area (Å²) in [7, 11) is 0. The second kappa shape index (κ2) is 6.80. The van der Waals surface area contributed by atoms with E-state index >= 15 is 0 Å². The third-order valence-electron chi connectivity index (χ3n) is 3.16. The number of thioether (sulfide) groups is 1. The Morgan fingerprint density at radius 3 is 2.60 bits per heavy atom. The Hall–Kier alpha value is -0.760. The van der Waals surface area contributed by atoms with Crippen molar-refractivity contribution in [2.45, 2.75) is 38.2 Å². The number of halogens is 3. The van der Waals surface area contributed by atoms with Gasteiger partial charge in [0.1, 0.15) is 18.2 Å². The summed E-state index contributed by atoms with van der Waals surface area (Å²) in [6, 6.07) is 0. The van der Waals surface area contributed by atoms with Gasteiger partial charge in [0.15, 0.2) is 0 Å². The van der Waals surface area contributed by atoms with Crippen LogP contribution in [0.5, 0.6) is 0 Å². The molecule has 0 N–H and O–H groups in total. The molecule has 2 rings (SSSR count). The highest BCUT2D eigenvalue weighted by atomic mass is 32.2. The van der Waals surface area contributed by atoms with Gasteiger partial charge >= 0.3 is 6.18 Å². The fourth-order valence-electron chi connectivity index (χ4n) is 2.27. The van der Waals surface area contributed by atoms with Crippen molar-refractivity contribution < 1.29 is 13.2 Å². The number of alkyl halides is 3. The first-order valence-corrected chi connectivity index (χ1v) is 7.87. The Kier molecular flexibility index (Phi) is 5.31. The van der Waals surface area contributed by atoms with Crippen LogP contribution < -0.4 is 0 Å². The molecular formula is C12H19F3N4S. The van der Waals surface area contributed by atoms with Gasteiger partial charge in [0.2, 0.25) is 0 Å². The minimum absolute atomic E-state index is 0.393. The smallest absolute Gasteiger partial charge is 0.303 e. The van der Waals surface area contributed by atoms with E-state index in [-0.39, 0.29) is 0 Å². The lowest BCUT2D eigenvalue weighted by atomic mass is 10.4. The van der Waals surface area contributed by atoms with Crippen LogP contribution in [0.2, 0.25) is 0 Å². The van der Waals surface area contributed by atoms with Crippen LogP contribution in [0.25, 0.3) is 0 Å². The molecule has 8 heteroatoms. The van der Waals surface area contributed by atoms with Crippen molar-refractivity contribution in [2.24, 2.45) is 0 Å². The molecule has 0 radical (unpaired) electrons. The van der Waals surface area contributed by atoms with Gasteiger partial charge in [0.25, 0.3) is 0 Å². The van der Waals surface area contributed by atoms with Crippen LogP contribution in [0.3, 0.4) is 0 Å². The van der Waals surface area contributed by atoms with E-state index in [1.165, 1.54) is 12.8 Å². The molecule has 114 valence electrons. The predicted octanol–water partition coefficient (Wildman–Crippen LogP) is 2.48. The van der Waals surface area contributed by atoms with Crippen LogP contribution in [0.15, 0.2) is 0 Å². The van der Waals surface area contributed by atoms with Crippen molar-refractivity contribution in [2.75, 3.05) is 25.4 Å².